The van der Waals surface area contributed by atoms with Crippen LogP contribution in [0.3, 0.4) is 0 Å². The molecule has 1 N–H and O–H groups in total. The number of ether oxygens (including phenoxy) is 2. The first-order valence-electron chi connectivity index (χ1n) is 9.35. The zero-order valence-corrected chi connectivity index (χ0v) is 16.0. The number of benzene rings is 1. The monoisotopic (exact) mass is 362 g/mol. The van der Waals surface area contributed by atoms with Crippen molar-refractivity contribution in [2.45, 2.75) is 27.3 Å². The molecule has 0 spiro atoms. The van der Waals surface area contributed by atoms with Gasteiger partial charge in [-0.05, 0) is 26.8 Å². The molecule has 7 heteroatoms. The van der Waals surface area contributed by atoms with E-state index >= 15 is 0 Å². The van der Waals surface area contributed by atoms with E-state index in [4.69, 9.17) is 14.5 Å². The molecular formula is C19H30N4O3. The van der Waals surface area contributed by atoms with Crippen LogP contribution in [0, 0.1) is 0 Å². The van der Waals surface area contributed by atoms with Gasteiger partial charge in [-0.3, -0.25) is 0 Å². The van der Waals surface area contributed by atoms with Crippen molar-refractivity contribution in [2.75, 3.05) is 45.9 Å². The normalized spacial score (nSPS) is 15.0. The molecular weight excluding hydrogens is 332 g/mol. The second-order valence-corrected chi connectivity index (χ2v) is 5.88. The van der Waals surface area contributed by atoms with Crippen LogP contribution in [0.4, 0.5) is 4.79 Å². The van der Waals surface area contributed by atoms with E-state index in [0.29, 0.717) is 32.8 Å². The molecule has 1 heterocycles. The molecule has 144 valence electrons. The molecule has 0 atom stereocenters. The van der Waals surface area contributed by atoms with E-state index in [1.54, 1.807) is 4.90 Å². The Morgan fingerprint density at radius 1 is 1.08 bits per heavy atom. The van der Waals surface area contributed by atoms with E-state index in [1.807, 2.05) is 38.1 Å². The zero-order valence-electron chi connectivity index (χ0n) is 16.0. The summed E-state index contributed by atoms with van der Waals surface area (Å²) in [7, 11) is 0. The van der Waals surface area contributed by atoms with Gasteiger partial charge in [-0.15, -0.1) is 0 Å². The van der Waals surface area contributed by atoms with Crippen LogP contribution >= 0.6 is 0 Å². The Bertz CT molecular complexity index is 598. The number of nitrogens with one attached hydrogen (secondary N) is 1. The van der Waals surface area contributed by atoms with Crippen LogP contribution in [0.2, 0.25) is 0 Å². The lowest BCUT2D eigenvalue weighted by molar-refractivity contribution is 0.0914. The number of amides is 1. The lowest BCUT2D eigenvalue weighted by Crippen LogP contribution is -2.53. The van der Waals surface area contributed by atoms with E-state index in [9.17, 15) is 4.79 Å². The maximum absolute atomic E-state index is 11.8. The molecule has 26 heavy (non-hydrogen) atoms. The van der Waals surface area contributed by atoms with E-state index in [2.05, 4.69) is 17.1 Å². The summed E-state index contributed by atoms with van der Waals surface area (Å²) in [5, 5.41) is 3.34. The van der Waals surface area contributed by atoms with Crippen molar-refractivity contribution in [1.82, 2.24) is 15.1 Å². The van der Waals surface area contributed by atoms with Gasteiger partial charge in [0.1, 0.15) is 5.75 Å². The minimum atomic E-state index is -0.236. The number of nitrogens with zero attached hydrogens (tertiary/aromatic N) is 3. The molecule has 0 unspecified atom stereocenters. The van der Waals surface area contributed by atoms with Crippen molar-refractivity contribution in [3.8, 4) is 5.75 Å². The van der Waals surface area contributed by atoms with Gasteiger partial charge < -0.3 is 24.6 Å². The highest BCUT2D eigenvalue weighted by atomic mass is 16.6. The first kappa shape index (κ1) is 19.9. The van der Waals surface area contributed by atoms with Crippen molar-refractivity contribution in [3.63, 3.8) is 0 Å². The van der Waals surface area contributed by atoms with Gasteiger partial charge in [-0.1, -0.05) is 18.2 Å². The summed E-state index contributed by atoms with van der Waals surface area (Å²) in [5.41, 5.74) is 1.06. The number of hydrogen-bond donors (Lipinski definition) is 1. The molecule has 1 aromatic rings. The summed E-state index contributed by atoms with van der Waals surface area (Å²) in [6, 6.07) is 7.98. The average Bonchev–Trinajstić information content (AvgIpc) is 2.67. The highest BCUT2D eigenvalue weighted by Gasteiger charge is 2.23. The number of piperazine rings is 1. The van der Waals surface area contributed by atoms with Gasteiger partial charge in [0.2, 0.25) is 0 Å². The number of guanidine groups is 1. The number of para-hydroxylation sites is 1. The first-order chi connectivity index (χ1) is 12.7. The Labute approximate surface area is 156 Å². The molecule has 1 aliphatic heterocycles. The maximum Gasteiger partial charge on any atom is 0.409 e. The number of carbonyl (C=O) groups excluding carboxylic acids is 1. The van der Waals surface area contributed by atoms with Crippen LogP contribution in [-0.4, -0.2) is 67.8 Å². The van der Waals surface area contributed by atoms with Gasteiger partial charge in [0, 0.05) is 38.3 Å². The second-order valence-electron chi connectivity index (χ2n) is 5.88. The third-order valence-electron chi connectivity index (χ3n) is 4.11. The molecule has 1 aromatic carbocycles. The Morgan fingerprint density at radius 3 is 2.42 bits per heavy atom. The fourth-order valence-corrected chi connectivity index (χ4v) is 2.83. The SMILES string of the molecule is CCNC(=NCc1ccccc1OCC)N1CCN(C(=O)OCC)CC1. The minimum Gasteiger partial charge on any atom is -0.494 e. The quantitative estimate of drug-likeness (QED) is 0.621. The predicted molar refractivity (Wildman–Crippen MR) is 103 cm³/mol. The summed E-state index contributed by atoms with van der Waals surface area (Å²) in [6.45, 7) is 11.0. The third kappa shape index (κ3) is 5.54. The molecule has 7 nitrogen and oxygen atoms in total. The average molecular weight is 362 g/mol. The standard InChI is InChI=1S/C19H30N4O3/c1-4-20-18(21-15-16-9-7-8-10-17(16)25-5-2)22-11-13-23(14-12-22)19(24)26-6-3/h7-10H,4-6,11-15H2,1-3H3,(H,20,21). The molecule has 1 fully saturated rings. The fourth-order valence-electron chi connectivity index (χ4n) is 2.83. The molecule has 0 bridgehead atoms. The van der Waals surface area contributed by atoms with Crippen LogP contribution in [0.1, 0.15) is 26.3 Å². The predicted octanol–water partition coefficient (Wildman–Crippen LogP) is 2.32. The zero-order chi connectivity index (χ0) is 18.8. The van der Waals surface area contributed by atoms with Crippen LogP contribution < -0.4 is 10.1 Å². The topological polar surface area (TPSA) is 66.4 Å². The highest BCUT2D eigenvalue weighted by molar-refractivity contribution is 5.80. The van der Waals surface area contributed by atoms with E-state index < -0.39 is 0 Å². The van der Waals surface area contributed by atoms with Crippen LogP contribution in [0.25, 0.3) is 0 Å². The Kier molecular flexibility index (Phi) is 8.05. The molecule has 2 rings (SSSR count). The number of hydrogen-bond acceptors (Lipinski definition) is 4. The van der Waals surface area contributed by atoms with Gasteiger partial charge >= 0.3 is 6.09 Å². The summed E-state index contributed by atoms with van der Waals surface area (Å²) < 4.78 is 10.8. The lowest BCUT2D eigenvalue weighted by atomic mass is 10.2. The maximum atomic E-state index is 11.8. The lowest BCUT2D eigenvalue weighted by Gasteiger charge is -2.35. The molecule has 1 amide bonds. The fraction of sp³-hybridized carbons (Fsp3) is 0.579. The van der Waals surface area contributed by atoms with Crippen LogP contribution in [-0.2, 0) is 11.3 Å². The number of aliphatic imine (C=N–C) groups is 1. The van der Waals surface area contributed by atoms with Crippen LogP contribution in [0.15, 0.2) is 29.3 Å². The van der Waals surface area contributed by atoms with Crippen LogP contribution in [0.5, 0.6) is 5.75 Å². The highest BCUT2D eigenvalue weighted by Crippen LogP contribution is 2.19. The first-order valence-corrected chi connectivity index (χ1v) is 9.35. The molecule has 1 aliphatic rings. The number of carbonyl (C=O) groups is 1. The Hall–Kier alpha value is -2.44. The molecule has 1 saturated heterocycles. The van der Waals surface area contributed by atoms with Gasteiger partial charge in [-0.2, -0.15) is 0 Å². The summed E-state index contributed by atoms with van der Waals surface area (Å²) in [6.07, 6.45) is -0.236. The van der Waals surface area contributed by atoms with Gasteiger partial charge in [0.05, 0.1) is 19.8 Å². The summed E-state index contributed by atoms with van der Waals surface area (Å²) >= 11 is 0. The second kappa shape index (κ2) is 10.5. The van der Waals surface area contributed by atoms with Crippen molar-refractivity contribution in [1.29, 1.82) is 0 Å². The van der Waals surface area contributed by atoms with Crippen molar-refractivity contribution >= 4 is 12.1 Å². The number of rotatable bonds is 6. The molecule has 0 saturated carbocycles. The van der Waals surface area contributed by atoms with Gasteiger partial charge in [-0.25, -0.2) is 9.79 Å². The van der Waals surface area contributed by atoms with Crippen molar-refractivity contribution < 1.29 is 14.3 Å². The summed E-state index contributed by atoms with van der Waals surface area (Å²) in [4.78, 5) is 20.5. The molecule has 0 radical (unpaired) electrons. The van der Waals surface area contributed by atoms with Gasteiger partial charge in [0.25, 0.3) is 0 Å². The Balaban J connectivity index is 2.00. The van der Waals surface area contributed by atoms with E-state index in [0.717, 1.165) is 36.9 Å². The van der Waals surface area contributed by atoms with E-state index in [1.165, 1.54) is 0 Å². The van der Waals surface area contributed by atoms with Crippen molar-refractivity contribution in [2.24, 2.45) is 4.99 Å². The molecule has 0 aromatic heterocycles. The van der Waals surface area contributed by atoms with E-state index in [-0.39, 0.29) is 6.09 Å². The van der Waals surface area contributed by atoms with Gasteiger partial charge in [0.15, 0.2) is 5.96 Å². The smallest absolute Gasteiger partial charge is 0.409 e. The summed E-state index contributed by atoms with van der Waals surface area (Å²) in [5.74, 6) is 1.74. The van der Waals surface area contributed by atoms with Crippen molar-refractivity contribution in [3.05, 3.63) is 29.8 Å². The molecule has 0 aliphatic carbocycles. The largest absolute Gasteiger partial charge is 0.494 e. The minimum absolute atomic E-state index is 0.236. The Morgan fingerprint density at radius 2 is 1.77 bits per heavy atom. The third-order valence-corrected chi connectivity index (χ3v) is 4.11.